The van der Waals surface area contributed by atoms with E-state index in [1.54, 1.807) is 0 Å². The van der Waals surface area contributed by atoms with Crippen molar-refractivity contribution in [3.8, 4) is 5.75 Å². The molecule has 0 spiro atoms. The van der Waals surface area contributed by atoms with Crippen LogP contribution in [0.3, 0.4) is 0 Å². The topological polar surface area (TPSA) is 78.7 Å². The SMILES string of the molecule is COC(=O)Cc1c(OC(F)F)ccc([N+](=O)[O-])c1CBr. The molecule has 110 valence electrons. The van der Waals surface area contributed by atoms with E-state index in [0.717, 1.165) is 19.2 Å². The number of rotatable bonds is 6. The highest BCUT2D eigenvalue weighted by Gasteiger charge is 2.24. The third-order valence-corrected chi connectivity index (χ3v) is 3.02. The maximum absolute atomic E-state index is 12.3. The number of hydrogen-bond acceptors (Lipinski definition) is 5. The van der Waals surface area contributed by atoms with Crippen LogP contribution in [0.15, 0.2) is 12.1 Å². The fourth-order valence-corrected chi connectivity index (χ4v) is 2.22. The van der Waals surface area contributed by atoms with Gasteiger partial charge >= 0.3 is 12.6 Å². The average molecular weight is 354 g/mol. The van der Waals surface area contributed by atoms with Crippen molar-refractivity contribution in [2.45, 2.75) is 18.4 Å². The molecule has 0 aromatic heterocycles. The minimum atomic E-state index is -3.10. The van der Waals surface area contributed by atoms with Crippen LogP contribution in [0.2, 0.25) is 0 Å². The summed E-state index contributed by atoms with van der Waals surface area (Å²) in [5.41, 5.74) is -0.191. The molecule has 0 fully saturated rings. The summed E-state index contributed by atoms with van der Waals surface area (Å²) in [5, 5.41) is 10.9. The minimum Gasteiger partial charge on any atom is -0.469 e. The molecular formula is C11H10BrF2NO5. The van der Waals surface area contributed by atoms with E-state index in [1.165, 1.54) is 0 Å². The van der Waals surface area contributed by atoms with E-state index in [1.807, 2.05) is 0 Å². The molecular weight excluding hydrogens is 344 g/mol. The molecule has 0 radical (unpaired) electrons. The standard InChI is InChI=1S/C11H10BrF2NO5/c1-19-10(16)4-6-7(5-12)8(15(17)18)2-3-9(6)20-11(13)14/h2-3,11H,4-5H2,1H3. The number of methoxy groups -OCH3 is 1. The first kappa shape index (κ1) is 16.3. The van der Waals surface area contributed by atoms with Crippen molar-refractivity contribution < 1.29 is 28.0 Å². The van der Waals surface area contributed by atoms with E-state index in [2.05, 4.69) is 25.4 Å². The molecule has 0 atom stereocenters. The molecule has 0 amide bonds. The number of carbonyl (C=O) groups is 1. The summed E-state index contributed by atoms with van der Waals surface area (Å²) in [4.78, 5) is 21.6. The minimum absolute atomic E-state index is 0.00299. The van der Waals surface area contributed by atoms with Crippen molar-refractivity contribution in [2.75, 3.05) is 7.11 Å². The molecule has 0 heterocycles. The highest BCUT2D eigenvalue weighted by molar-refractivity contribution is 9.08. The van der Waals surface area contributed by atoms with Gasteiger partial charge in [0.2, 0.25) is 0 Å². The van der Waals surface area contributed by atoms with Crippen LogP contribution in [0.4, 0.5) is 14.5 Å². The highest BCUT2D eigenvalue weighted by atomic mass is 79.9. The molecule has 0 aliphatic rings. The van der Waals surface area contributed by atoms with Crippen molar-refractivity contribution in [1.82, 2.24) is 0 Å². The zero-order valence-electron chi connectivity index (χ0n) is 10.3. The molecule has 1 rings (SSSR count). The first-order valence-corrected chi connectivity index (χ1v) is 6.39. The summed E-state index contributed by atoms with van der Waals surface area (Å²) in [7, 11) is 1.13. The zero-order valence-corrected chi connectivity index (χ0v) is 11.9. The molecule has 0 saturated heterocycles. The number of halogens is 3. The summed E-state index contributed by atoms with van der Waals surface area (Å²) >= 11 is 3.04. The normalized spacial score (nSPS) is 10.4. The lowest BCUT2D eigenvalue weighted by Gasteiger charge is -2.13. The van der Waals surface area contributed by atoms with Crippen molar-refractivity contribution >= 4 is 27.6 Å². The van der Waals surface area contributed by atoms with E-state index < -0.39 is 23.9 Å². The molecule has 20 heavy (non-hydrogen) atoms. The van der Waals surface area contributed by atoms with Gasteiger partial charge in [-0.3, -0.25) is 14.9 Å². The predicted octanol–water partition coefficient (Wildman–Crippen LogP) is 2.81. The third kappa shape index (κ3) is 3.86. The van der Waals surface area contributed by atoms with Gasteiger partial charge in [0.05, 0.1) is 18.5 Å². The number of ether oxygens (including phenoxy) is 2. The Bertz CT molecular complexity index is 524. The van der Waals surface area contributed by atoms with E-state index in [-0.39, 0.29) is 27.9 Å². The van der Waals surface area contributed by atoms with Gasteiger partial charge in [-0.05, 0) is 6.07 Å². The Morgan fingerprint density at radius 1 is 1.45 bits per heavy atom. The molecule has 0 unspecified atom stereocenters. The van der Waals surface area contributed by atoms with Crippen molar-refractivity contribution in [3.05, 3.63) is 33.4 Å². The predicted molar refractivity (Wildman–Crippen MR) is 68.1 cm³/mol. The van der Waals surface area contributed by atoms with E-state index in [9.17, 15) is 23.7 Å². The first-order chi connectivity index (χ1) is 9.40. The number of nitro groups is 1. The van der Waals surface area contributed by atoms with Crippen LogP contribution in [-0.2, 0) is 21.3 Å². The molecule has 1 aromatic carbocycles. The van der Waals surface area contributed by atoms with Gasteiger partial charge in [0.15, 0.2) is 0 Å². The fraction of sp³-hybridized carbons (Fsp3) is 0.364. The third-order valence-electron chi connectivity index (χ3n) is 2.46. The lowest BCUT2D eigenvalue weighted by atomic mass is 10.0. The van der Waals surface area contributed by atoms with Gasteiger partial charge in [0.1, 0.15) is 5.75 Å². The van der Waals surface area contributed by atoms with E-state index in [4.69, 9.17) is 0 Å². The van der Waals surface area contributed by atoms with Gasteiger partial charge in [-0.1, -0.05) is 15.9 Å². The van der Waals surface area contributed by atoms with Crippen LogP contribution in [0.5, 0.6) is 5.75 Å². The molecule has 0 aliphatic heterocycles. The first-order valence-electron chi connectivity index (χ1n) is 5.27. The monoisotopic (exact) mass is 353 g/mol. The van der Waals surface area contributed by atoms with Crippen molar-refractivity contribution in [3.63, 3.8) is 0 Å². The number of esters is 1. The Labute approximate surface area is 120 Å². The Hall–Kier alpha value is -1.77. The second-order valence-electron chi connectivity index (χ2n) is 3.56. The van der Waals surface area contributed by atoms with Gasteiger partial charge in [0.25, 0.3) is 5.69 Å². The number of nitro benzene ring substituents is 1. The number of carbonyl (C=O) groups excluding carboxylic acids is 1. The van der Waals surface area contributed by atoms with Crippen LogP contribution in [0.25, 0.3) is 0 Å². The number of hydrogen-bond donors (Lipinski definition) is 0. The van der Waals surface area contributed by atoms with Gasteiger partial charge in [-0.15, -0.1) is 0 Å². The molecule has 0 saturated carbocycles. The van der Waals surface area contributed by atoms with E-state index in [0.29, 0.717) is 0 Å². The van der Waals surface area contributed by atoms with Crippen LogP contribution in [-0.4, -0.2) is 24.6 Å². The van der Waals surface area contributed by atoms with Crippen LogP contribution >= 0.6 is 15.9 Å². The Morgan fingerprint density at radius 3 is 2.55 bits per heavy atom. The largest absolute Gasteiger partial charge is 0.469 e. The van der Waals surface area contributed by atoms with Gasteiger partial charge in [-0.25, -0.2) is 0 Å². The number of benzene rings is 1. The van der Waals surface area contributed by atoms with Gasteiger partial charge < -0.3 is 9.47 Å². The fourth-order valence-electron chi connectivity index (χ4n) is 1.60. The Morgan fingerprint density at radius 2 is 2.10 bits per heavy atom. The molecule has 0 aliphatic carbocycles. The van der Waals surface area contributed by atoms with Crippen molar-refractivity contribution in [1.29, 1.82) is 0 Å². The second-order valence-corrected chi connectivity index (χ2v) is 4.12. The van der Waals surface area contributed by atoms with Gasteiger partial charge in [0, 0.05) is 22.5 Å². The lowest BCUT2D eigenvalue weighted by Crippen LogP contribution is -2.12. The second kappa shape index (κ2) is 7.13. The summed E-state index contributed by atoms with van der Waals surface area (Å²) < 4.78 is 33.4. The molecule has 6 nitrogen and oxygen atoms in total. The summed E-state index contributed by atoms with van der Waals surface area (Å²) in [6, 6.07) is 2.09. The molecule has 9 heteroatoms. The number of nitrogens with zero attached hydrogens (tertiary/aromatic N) is 1. The molecule has 0 N–H and O–H groups in total. The van der Waals surface area contributed by atoms with Crippen LogP contribution in [0.1, 0.15) is 11.1 Å². The molecule has 0 bridgehead atoms. The Kier molecular flexibility index (Phi) is 5.81. The maximum atomic E-state index is 12.3. The highest BCUT2D eigenvalue weighted by Crippen LogP contribution is 2.33. The molecule has 1 aromatic rings. The van der Waals surface area contributed by atoms with Gasteiger partial charge in [-0.2, -0.15) is 8.78 Å². The zero-order chi connectivity index (χ0) is 15.3. The lowest BCUT2D eigenvalue weighted by molar-refractivity contribution is -0.385. The summed E-state index contributed by atoms with van der Waals surface area (Å²) in [6.07, 6.45) is -0.402. The van der Waals surface area contributed by atoms with Crippen LogP contribution < -0.4 is 4.74 Å². The summed E-state index contributed by atoms with van der Waals surface area (Å²) in [5.74, 6) is -1.00. The van der Waals surface area contributed by atoms with Crippen LogP contribution in [0, 0.1) is 10.1 Å². The summed E-state index contributed by atoms with van der Waals surface area (Å²) in [6.45, 7) is -3.10. The Balaban J connectivity index is 3.38. The van der Waals surface area contributed by atoms with Crippen molar-refractivity contribution in [2.24, 2.45) is 0 Å². The van der Waals surface area contributed by atoms with E-state index >= 15 is 0 Å². The smallest absolute Gasteiger partial charge is 0.387 e. The quantitative estimate of drug-likeness (QED) is 0.340. The average Bonchev–Trinajstić information content (AvgIpc) is 2.39. The maximum Gasteiger partial charge on any atom is 0.387 e. The number of alkyl halides is 3.